The fourth-order valence-corrected chi connectivity index (χ4v) is 5.75. The second kappa shape index (κ2) is 13.1. The lowest BCUT2D eigenvalue weighted by atomic mass is 10.2. The molecule has 24 heavy (non-hydrogen) atoms. The van der Waals surface area contributed by atoms with E-state index in [1.165, 1.54) is 79.0 Å². The number of benzene rings is 1. The molecule has 0 spiro atoms. The van der Waals surface area contributed by atoms with Crippen molar-refractivity contribution in [1.82, 2.24) is 0 Å². The van der Waals surface area contributed by atoms with Gasteiger partial charge in [-0.1, -0.05) is 0 Å². The summed E-state index contributed by atoms with van der Waals surface area (Å²) in [5, 5.41) is 0. The van der Waals surface area contributed by atoms with Crippen LogP contribution in [0.1, 0.15) is 25.7 Å². The van der Waals surface area contributed by atoms with E-state index in [0.717, 1.165) is 5.75 Å². The molecule has 1 heterocycles. The minimum Gasteiger partial charge on any atom is -0.497 e. The first kappa shape index (κ1) is 20.2. The number of ether oxygens (including phenoxy) is 1. The molecule has 1 aromatic rings. The van der Waals surface area contributed by atoms with Crippen molar-refractivity contribution < 1.29 is 4.74 Å². The van der Waals surface area contributed by atoms with Crippen molar-refractivity contribution in [3.05, 3.63) is 24.3 Å². The fraction of sp³-hybridized carbons (Fsp3) is 0.684. The predicted octanol–water partition coefficient (Wildman–Crippen LogP) is 5.28. The van der Waals surface area contributed by atoms with Gasteiger partial charge in [-0.2, -0.15) is 35.3 Å². The van der Waals surface area contributed by atoms with Crippen LogP contribution in [0.3, 0.4) is 0 Å². The molecule has 0 N–H and O–H groups in total. The smallest absolute Gasteiger partial charge is 0.119 e. The van der Waals surface area contributed by atoms with Gasteiger partial charge < -0.3 is 9.64 Å². The average molecular weight is 386 g/mol. The monoisotopic (exact) mass is 385 g/mol. The molecule has 0 amide bonds. The van der Waals surface area contributed by atoms with E-state index in [-0.39, 0.29) is 0 Å². The highest BCUT2D eigenvalue weighted by atomic mass is 32.2. The zero-order chi connectivity index (χ0) is 16.9. The first-order chi connectivity index (χ1) is 11.9. The van der Waals surface area contributed by atoms with Gasteiger partial charge in [-0.15, -0.1) is 0 Å². The molecule has 0 saturated carbocycles. The summed E-state index contributed by atoms with van der Waals surface area (Å²) >= 11 is 6.40. The zero-order valence-electron chi connectivity index (χ0n) is 14.9. The van der Waals surface area contributed by atoms with Crippen LogP contribution in [0.4, 0.5) is 5.69 Å². The Morgan fingerprint density at radius 3 is 1.62 bits per heavy atom. The van der Waals surface area contributed by atoms with Gasteiger partial charge in [-0.25, -0.2) is 0 Å². The molecule has 1 aliphatic heterocycles. The quantitative estimate of drug-likeness (QED) is 0.685. The van der Waals surface area contributed by atoms with Gasteiger partial charge >= 0.3 is 0 Å². The maximum absolute atomic E-state index is 5.29. The lowest BCUT2D eigenvalue weighted by Gasteiger charge is -2.25. The van der Waals surface area contributed by atoms with Crippen LogP contribution in [-0.4, -0.2) is 54.7 Å². The Labute approximate surface area is 160 Å². The molecule has 5 heteroatoms. The Bertz CT molecular complexity index is 411. The van der Waals surface area contributed by atoms with Crippen molar-refractivity contribution in [2.45, 2.75) is 25.7 Å². The lowest BCUT2D eigenvalue weighted by molar-refractivity contribution is 0.415. The molecule has 1 fully saturated rings. The van der Waals surface area contributed by atoms with E-state index in [0.29, 0.717) is 0 Å². The molecule has 0 aromatic heterocycles. The Morgan fingerprint density at radius 2 is 1.17 bits per heavy atom. The Hall–Kier alpha value is -0.130. The van der Waals surface area contributed by atoms with Crippen LogP contribution in [0.25, 0.3) is 0 Å². The number of anilines is 1. The second-order valence-corrected chi connectivity index (χ2v) is 9.61. The van der Waals surface area contributed by atoms with E-state index < -0.39 is 0 Å². The van der Waals surface area contributed by atoms with Crippen LogP contribution in [0.15, 0.2) is 24.3 Å². The standard InChI is InChI=1S/C19H31NOS3/c1-21-19-8-6-18(7-9-19)20-10-2-12-22-14-4-16-24-17-5-15-23-13-3-11-20/h6-9H,2-5,10-17H2,1H3. The number of nitrogens with zero attached hydrogens (tertiary/aromatic N) is 1. The second-order valence-electron chi connectivity index (χ2n) is 5.94. The molecule has 0 unspecified atom stereocenters. The van der Waals surface area contributed by atoms with E-state index in [4.69, 9.17) is 4.74 Å². The molecule has 2 rings (SSSR count). The molecular formula is C19H31NOS3. The molecule has 1 saturated heterocycles. The van der Waals surface area contributed by atoms with Gasteiger partial charge in [-0.05, 0) is 84.5 Å². The highest BCUT2D eigenvalue weighted by molar-refractivity contribution is 8.00. The third kappa shape index (κ3) is 8.30. The van der Waals surface area contributed by atoms with Gasteiger partial charge in [0.15, 0.2) is 0 Å². The lowest BCUT2D eigenvalue weighted by Crippen LogP contribution is -2.26. The number of methoxy groups -OCH3 is 1. The average Bonchev–Trinajstić information content (AvgIpc) is 2.62. The van der Waals surface area contributed by atoms with Crippen LogP contribution in [0.2, 0.25) is 0 Å². The van der Waals surface area contributed by atoms with Gasteiger partial charge in [0.1, 0.15) is 5.75 Å². The number of rotatable bonds is 2. The van der Waals surface area contributed by atoms with Gasteiger partial charge in [0.2, 0.25) is 0 Å². The molecule has 0 atom stereocenters. The van der Waals surface area contributed by atoms with Gasteiger partial charge in [-0.3, -0.25) is 0 Å². The molecule has 0 radical (unpaired) electrons. The van der Waals surface area contributed by atoms with Crippen LogP contribution < -0.4 is 9.64 Å². The van der Waals surface area contributed by atoms with Crippen molar-refractivity contribution in [3.8, 4) is 5.75 Å². The van der Waals surface area contributed by atoms with E-state index in [1.807, 2.05) is 0 Å². The van der Waals surface area contributed by atoms with Gasteiger partial charge in [0.25, 0.3) is 0 Å². The first-order valence-electron chi connectivity index (χ1n) is 9.02. The third-order valence-corrected chi connectivity index (χ3v) is 7.49. The maximum atomic E-state index is 5.29. The number of hydrogen-bond donors (Lipinski definition) is 0. The molecule has 0 aliphatic carbocycles. The summed E-state index contributed by atoms with van der Waals surface area (Å²) in [6, 6.07) is 8.56. The van der Waals surface area contributed by atoms with E-state index in [1.54, 1.807) is 7.11 Å². The largest absolute Gasteiger partial charge is 0.497 e. The summed E-state index contributed by atoms with van der Waals surface area (Å²) in [5.74, 6) is 8.84. The van der Waals surface area contributed by atoms with Crippen LogP contribution in [-0.2, 0) is 0 Å². The summed E-state index contributed by atoms with van der Waals surface area (Å²) in [7, 11) is 1.73. The van der Waals surface area contributed by atoms with Crippen molar-refractivity contribution in [1.29, 1.82) is 0 Å². The molecule has 136 valence electrons. The topological polar surface area (TPSA) is 12.5 Å². The Balaban J connectivity index is 1.85. The summed E-state index contributed by atoms with van der Waals surface area (Å²) in [6.45, 7) is 2.33. The summed E-state index contributed by atoms with van der Waals surface area (Å²) in [6.07, 6.45) is 5.28. The van der Waals surface area contributed by atoms with E-state index in [2.05, 4.69) is 64.5 Å². The van der Waals surface area contributed by atoms with Crippen molar-refractivity contribution in [2.75, 3.05) is 59.6 Å². The minimum atomic E-state index is 0.942. The third-order valence-electron chi connectivity index (χ3n) is 4.03. The molecule has 1 aromatic carbocycles. The zero-order valence-corrected chi connectivity index (χ0v) is 17.3. The summed E-state index contributed by atoms with van der Waals surface area (Å²) in [4.78, 5) is 2.56. The van der Waals surface area contributed by atoms with Crippen LogP contribution in [0, 0.1) is 0 Å². The molecule has 1 aliphatic rings. The first-order valence-corrected chi connectivity index (χ1v) is 12.5. The summed E-state index contributed by atoms with van der Waals surface area (Å²) < 4.78 is 5.29. The van der Waals surface area contributed by atoms with Gasteiger partial charge in [0, 0.05) is 18.8 Å². The Kier molecular flexibility index (Phi) is 11.0. The van der Waals surface area contributed by atoms with E-state index >= 15 is 0 Å². The summed E-state index contributed by atoms with van der Waals surface area (Å²) in [5.41, 5.74) is 1.34. The van der Waals surface area contributed by atoms with Crippen molar-refractivity contribution in [3.63, 3.8) is 0 Å². The SMILES string of the molecule is COc1ccc(N2CCCSCCCSCCCSCCC2)cc1. The highest BCUT2D eigenvalue weighted by Gasteiger charge is 2.07. The maximum Gasteiger partial charge on any atom is 0.119 e. The van der Waals surface area contributed by atoms with Crippen LogP contribution >= 0.6 is 35.3 Å². The molecule has 2 nitrogen and oxygen atoms in total. The number of hydrogen-bond acceptors (Lipinski definition) is 5. The van der Waals surface area contributed by atoms with E-state index in [9.17, 15) is 0 Å². The van der Waals surface area contributed by atoms with Crippen LogP contribution in [0.5, 0.6) is 5.75 Å². The van der Waals surface area contributed by atoms with Crippen molar-refractivity contribution in [2.24, 2.45) is 0 Å². The number of thioether (sulfide) groups is 3. The normalized spacial score (nSPS) is 19.8. The molecular weight excluding hydrogens is 354 g/mol. The van der Waals surface area contributed by atoms with Crippen molar-refractivity contribution >= 4 is 41.0 Å². The fourth-order valence-electron chi connectivity index (χ4n) is 2.71. The molecule has 0 bridgehead atoms. The Morgan fingerprint density at radius 1 is 0.708 bits per heavy atom. The minimum absolute atomic E-state index is 0.942. The highest BCUT2D eigenvalue weighted by Crippen LogP contribution is 2.21. The predicted molar refractivity (Wildman–Crippen MR) is 116 cm³/mol. The van der Waals surface area contributed by atoms with Gasteiger partial charge in [0.05, 0.1) is 7.11 Å².